The van der Waals surface area contributed by atoms with E-state index >= 15 is 0 Å². The Kier molecular flexibility index (Phi) is 4.49. The SMILES string of the molecule is c1cc(CNC2CC2)cc(COCC2CCCO2)c1. The van der Waals surface area contributed by atoms with Gasteiger partial charge in [-0.3, -0.25) is 0 Å². The quantitative estimate of drug-likeness (QED) is 0.818. The minimum atomic E-state index is 0.319. The summed E-state index contributed by atoms with van der Waals surface area (Å²) in [6.45, 7) is 3.29. The maximum Gasteiger partial charge on any atom is 0.0809 e. The molecule has 1 aliphatic carbocycles. The summed E-state index contributed by atoms with van der Waals surface area (Å²) in [4.78, 5) is 0. The summed E-state index contributed by atoms with van der Waals surface area (Å²) in [5.41, 5.74) is 2.61. The summed E-state index contributed by atoms with van der Waals surface area (Å²) >= 11 is 0. The molecule has 1 saturated carbocycles. The predicted molar refractivity (Wildman–Crippen MR) is 74.9 cm³/mol. The second-order valence-electron chi connectivity index (χ2n) is 5.63. The highest BCUT2D eigenvalue weighted by atomic mass is 16.5. The normalized spacial score (nSPS) is 22.8. The van der Waals surface area contributed by atoms with Crippen molar-refractivity contribution < 1.29 is 9.47 Å². The van der Waals surface area contributed by atoms with E-state index in [9.17, 15) is 0 Å². The molecule has 3 nitrogen and oxygen atoms in total. The molecule has 104 valence electrons. The topological polar surface area (TPSA) is 30.5 Å². The van der Waals surface area contributed by atoms with Crippen molar-refractivity contribution in [1.29, 1.82) is 0 Å². The van der Waals surface area contributed by atoms with Gasteiger partial charge in [0.15, 0.2) is 0 Å². The monoisotopic (exact) mass is 261 g/mol. The minimum Gasteiger partial charge on any atom is -0.376 e. The van der Waals surface area contributed by atoms with Crippen LogP contribution < -0.4 is 5.32 Å². The highest BCUT2D eigenvalue weighted by Gasteiger charge is 2.19. The molecule has 1 saturated heterocycles. The number of nitrogens with one attached hydrogen (secondary N) is 1. The van der Waals surface area contributed by atoms with E-state index < -0.39 is 0 Å². The lowest BCUT2D eigenvalue weighted by Gasteiger charge is -2.11. The van der Waals surface area contributed by atoms with E-state index in [1.165, 1.54) is 30.4 Å². The highest BCUT2D eigenvalue weighted by molar-refractivity contribution is 5.23. The van der Waals surface area contributed by atoms with Gasteiger partial charge in [0.25, 0.3) is 0 Å². The second kappa shape index (κ2) is 6.51. The lowest BCUT2D eigenvalue weighted by Crippen LogP contribution is -2.15. The van der Waals surface area contributed by atoms with E-state index in [-0.39, 0.29) is 0 Å². The van der Waals surface area contributed by atoms with E-state index in [4.69, 9.17) is 9.47 Å². The molecule has 1 unspecified atom stereocenters. The third-order valence-electron chi connectivity index (χ3n) is 3.76. The van der Waals surface area contributed by atoms with Crippen molar-refractivity contribution in [3.63, 3.8) is 0 Å². The van der Waals surface area contributed by atoms with Crippen LogP contribution in [-0.2, 0) is 22.6 Å². The molecule has 19 heavy (non-hydrogen) atoms. The van der Waals surface area contributed by atoms with Gasteiger partial charge in [0.1, 0.15) is 0 Å². The predicted octanol–water partition coefficient (Wildman–Crippen LogP) is 2.63. The minimum absolute atomic E-state index is 0.319. The molecule has 0 radical (unpaired) electrons. The molecule has 3 heteroatoms. The van der Waals surface area contributed by atoms with Gasteiger partial charge >= 0.3 is 0 Å². The van der Waals surface area contributed by atoms with Crippen LogP contribution in [0.25, 0.3) is 0 Å². The summed E-state index contributed by atoms with van der Waals surface area (Å²) in [6.07, 6.45) is 5.32. The summed E-state index contributed by atoms with van der Waals surface area (Å²) in [5, 5.41) is 3.54. The Morgan fingerprint density at radius 2 is 2.11 bits per heavy atom. The van der Waals surface area contributed by atoms with Crippen molar-refractivity contribution in [3.8, 4) is 0 Å². The molecular weight excluding hydrogens is 238 g/mol. The third kappa shape index (κ3) is 4.30. The van der Waals surface area contributed by atoms with E-state index in [0.717, 1.165) is 32.2 Å². The van der Waals surface area contributed by atoms with Crippen LogP contribution in [0, 0.1) is 0 Å². The molecule has 1 aromatic carbocycles. The van der Waals surface area contributed by atoms with Gasteiger partial charge in [-0.1, -0.05) is 24.3 Å². The van der Waals surface area contributed by atoms with Crippen molar-refractivity contribution in [2.75, 3.05) is 13.2 Å². The average Bonchev–Trinajstić information content (AvgIpc) is 3.13. The lowest BCUT2D eigenvalue weighted by molar-refractivity contribution is 0.0106. The van der Waals surface area contributed by atoms with Gasteiger partial charge in [-0.25, -0.2) is 0 Å². The Labute approximate surface area is 115 Å². The van der Waals surface area contributed by atoms with Gasteiger partial charge in [0.05, 0.1) is 19.3 Å². The zero-order valence-electron chi connectivity index (χ0n) is 11.4. The molecule has 1 aliphatic heterocycles. The number of hydrogen-bond donors (Lipinski definition) is 1. The summed E-state index contributed by atoms with van der Waals surface area (Å²) < 4.78 is 11.3. The summed E-state index contributed by atoms with van der Waals surface area (Å²) in [6, 6.07) is 9.44. The van der Waals surface area contributed by atoms with Crippen molar-refractivity contribution in [2.24, 2.45) is 0 Å². The number of rotatable bonds is 7. The molecule has 1 N–H and O–H groups in total. The molecule has 0 spiro atoms. The van der Waals surface area contributed by atoms with E-state index in [2.05, 4.69) is 29.6 Å². The number of hydrogen-bond acceptors (Lipinski definition) is 3. The lowest BCUT2D eigenvalue weighted by atomic mass is 10.1. The second-order valence-corrected chi connectivity index (χ2v) is 5.63. The van der Waals surface area contributed by atoms with E-state index in [1.54, 1.807) is 0 Å². The van der Waals surface area contributed by atoms with Crippen LogP contribution in [0.2, 0.25) is 0 Å². The van der Waals surface area contributed by atoms with Crippen LogP contribution in [0.3, 0.4) is 0 Å². The standard InChI is InChI=1S/C16H23NO2/c1-3-13(10-17-15-6-7-15)9-14(4-1)11-18-12-16-5-2-8-19-16/h1,3-4,9,15-17H,2,5-8,10-12H2. The third-order valence-corrected chi connectivity index (χ3v) is 3.76. The largest absolute Gasteiger partial charge is 0.376 e. The zero-order chi connectivity index (χ0) is 12.9. The highest BCUT2D eigenvalue weighted by Crippen LogP contribution is 2.19. The van der Waals surface area contributed by atoms with Crippen LogP contribution in [-0.4, -0.2) is 25.4 Å². The Balaban J connectivity index is 1.42. The van der Waals surface area contributed by atoms with Crippen molar-refractivity contribution >= 4 is 0 Å². The summed E-state index contributed by atoms with van der Waals surface area (Å²) in [5.74, 6) is 0. The smallest absolute Gasteiger partial charge is 0.0809 e. The molecule has 0 amide bonds. The van der Waals surface area contributed by atoms with Crippen LogP contribution >= 0.6 is 0 Å². The molecule has 2 fully saturated rings. The molecular formula is C16H23NO2. The molecule has 0 aromatic heterocycles. The Hall–Kier alpha value is -0.900. The average molecular weight is 261 g/mol. The van der Waals surface area contributed by atoms with Gasteiger partial charge < -0.3 is 14.8 Å². The molecule has 1 heterocycles. The zero-order valence-corrected chi connectivity index (χ0v) is 11.4. The van der Waals surface area contributed by atoms with Crippen molar-refractivity contribution in [3.05, 3.63) is 35.4 Å². The fraction of sp³-hybridized carbons (Fsp3) is 0.625. The van der Waals surface area contributed by atoms with Crippen LogP contribution in [0.1, 0.15) is 36.8 Å². The molecule has 1 aromatic rings. The van der Waals surface area contributed by atoms with E-state index in [1.807, 2.05) is 0 Å². The molecule has 0 bridgehead atoms. The van der Waals surface area contributed by atoms with Gasteiger partial charge in [0, 0.05) is 19.2 Å². The van der Waals surface area contributed by atoms with Crippen LogP contribution in [0.5, 0.6) is 0 Å². The molecule has 3 rings (SSSR count). The first-order valence-electron chi connectivity index (χ1n) is 7.41. The first-order chi connectivity index (χ1) is 9.40. The first-order valence-corrected chi connectivity index (χ1v) is 7.41. The Bertz CT molecular complexity index is 397. The van der Waals surface area contributed by atoms with E-state index in [0.29, 0.717) is 12.7 Å². The number of benzene rings is 1. The van der Waals surface area contributed by atoms with Gasteiger partial charge in [-0.2, -0.15) is 0 Å². The maximum atomic E-state index is 5.75. The fourth-order valence-corrected chi connectivity index (χ4v) is 2.46. The van der Waals surface area contributed by atoms with Gasteiger partial charge in [-0.15, -0.1) is 0 Å². The van der Waals surface area contributed by atoms with Crippen LogP contribution in [0.4, 0.5) is 0 Å². The Morgan fingerprint density at radius 3 is 2.89 bits per heavy atom. The Morgan fingerprint density at radius 1 is 1.21 bits per heavy atom. The van der Waals surface area contributed by atoms with Crippen molar-refractivity contribution in [2.45, 2.75) is 51.0 Å². The fourth-order valence-electron chi connectivity index (χ4n) is 2.46. The summed E-state index contributed by atoms with van der Waals surface area (Å²) in [7, 11) is 0. The molecule has 2 aliphatic rings. The van der Waals surface area contributed by atoms with Crippen molar-refractivity contribution in [1.82, 2.24) is 5.32 Å². The van der Waals surface area contributed by atoms with Crippen LogP contribution in [0.15, 0.2) is 24.3 Å². The van der Waals surface area contributed by atoms with Gasteiger partial charge in [-0.05, 0) is 36.8 Å². The first kappa shape index (κ1) is 13.1. The number of ether oxygens (including phenoxy) is 2. The molecule has 1 atom stereocenters. The van der Waals surface area contributed by atoms with Gasteiger partial charge in [0.2, 0.25) is 0 Å². The maximum absolute atomic E-state index is 5.75.